The van der Waals surface area contributed by atoms with E-state index in [2.05, 4.69) is 59.6 Å². The van der Waals surface area contributed by atoms with Gasteiger partial charge in [0, 0.05) is 29.6 Å². The summed E-state index contributed by atoms with van der Waals surface area (Å²) in [6.07, 6.45) is 6.91. The number of rotatable bonds is 3. The van der Waals surface area contributed by atoms with Crippen molar-refractivity contribution in [3.05, 3.63) is 70.9 Å². The van der Waals surface area contributed by atoms with Gasteiger partial charge in [0.15, 0.2) is 0 Å². The summed E-state index contributed by atoms with van der Waals surface area (Å²) in [5.74, 6) is 2.51. The first-order valence-corrected chi connectivity index (χ1v) is 9.83. The Bertz CT molecular complexity index is 967. The zero-order valence-electron chi connectivity index (χ0n) is 15.8. The van der Waals surface area contributed by atoms with Crippen LogP contribution in [0, 0.1) is 5.92 Å². The number of fused-ring (bicyclic) bond motifs is 4. The van der Waals surface area contributed by atoms with E-state index in [0.29, 0.717) is 11.8 Å². The number of nitrogens with zero attached hydrogens (tertiary/aromatic N) is 3. The van der Waals surface area contributed by atoms with E-state index in [1.54, 1.807) is 0 Å². The molecule has 5 rings (SSSR count). The van der Waals surface area contributed by atoms with E-state index in [1.807, 2.05) is 12.4 Å². The lowest BCUT2D eigenvalue weighted by molar-refractivity contribution is 0.189. The minimum atomic E-state index is -0.167. The zero-order chi connectivity index (χ0) is 18.4. The van der Waals surface area contributed by atoms with Crippen LogP contribution < -0.4 is 5.32 Å². The third-order valence-electron chi connectivity index (χ3n) is 6.43. The van der Waals surface area contributed by atoms with Gasteiger partial charge in [0.1, 0.15) is 5.76 Å². The summed E-state index contributed by atoms with van der Waals surface area (Å²) in [4.78, 5) is 9.60. The van der Waals surface area contributed by atoms with E-state index in [4.69, 9.17) is 9.51 Å². The fourth-order valence-corrected chi connectivity index (χ4v) is 5.29. The van der Waals surface area contributed by atoms with Crippen LogP contribution in [0.5, 0.6) is 0 Å². The number of aryl methyl sites for hydroxylation is 1. The number of aromatic nitrogens is 3. The lowest BCUT2D eigenvalue weighted by atomic mass is 9.53. The minimum absolute atomic E-state index is 0.167. The summed E-state index contributed by atoms with van der Waals surface area (Å²) in [5.41, 5.74) is 4.81. The van der Waals surface area contributed by atoms with Crippen LogP contribution in [0.1, 0.15) is 54.3 Å². The maximum atomic E-state index is 5.65. The fourth-order valence-electron chi connectivity index (χ4n) is 5.29. The molecule has 0 saturated carbocycles. The van der Waals surface area contributed by atoms with Gasteiger partial charge in [0.2, 0.25) is 5.95 Å². The van der Waals surface area contributed by atoms with E-state index in [0.717, 1.165) is 37.5 Å². The van der Waals surface area contributed by atoms with Gasteiger partial charge in [-0.25, -0.2) is 9.97 Å². The number of nitrogens with one attached hydrogen (secondary N) is 1. The molecule has 27 heavy (non-hydrogen) atoms. The van der Waals surface area contributed by atoms with E-state index in [1.165, 1.54) is 22.4 Å². The van der Waals surface area contributed by atoms with Crippen molar-refractivity contribution >= 4 is 5.95 Å². The van der Waals surface area contributed by atoms with Gasteiger partial charge in [-0.2, -0.15) is 0 Å². The lowest BCUT2D eigenvalue weighted by Crippen LogP contribution is -2.48. The highest BCUT2D eigenvalue weighted by atomic mass is 16.5. The van der Waals surface area contributed by atoms with Crippen LogP contribution in [0.4, 0.5) is 5.95 Å². The topological polar surface area (TPSA) is 63.8 Å². The maximum absolute atomic E-state index is 5.65. The highest BCUT2D eigenvalue weighted by Gasteiger charge is 2.53. The van der Waals surface area contributed by atoms with Crippen molar-refractivity contribution in [1.29, 1.82) is 0 Å². The van der Waals surface area contributed by atoms with Gasteiger partial charge < -0.3 is 9.84 Å². The summed E-state index contributed by atoms with van der Waals surface area (Å²) in [6, 6.07) is 10.9. The Morgan fingerprint density at radius 1 is 1.19 bits per heavy atom. The van der Waals surface area contributed by atoms with E-state index in [-0.39, 0.29) is 5.41 Å². The monoisotopic (exact) mass is 360 g/mol. The zero-order valence-corrected chi connectivity index (χ0v) is 15.8. The Morgan fingerprint density at radius 3 is 2.85 bits per heavy atom. The summed E-state index contributed by atoms with van der Waals surface area (Å²) in [7, 11) is 0. The van der Waals surface area contributed by atoms with Crippen LogP contribution in [0.25, 0.3) is 0 Å². The van der Waals surface area contributed by atoms with E-state index >= 15 is 0 Å². The van der Waals surface area contributed by atoms with Gasteiger partial charge in [0.05, 0.1) is 11.9 Å². The lowest BCUT2D eigenvalue weighted by Gasteiger charge is -2.49. The molecular weight excluding hydrogens is 336 g/mol. The van der Waals surface area contributed by atoms with Gasteiger partial charge in [-0.15, -0.1) is 0 Å². The Labute approximate surface area is 159 Å². The first-order valence-electron chi connectivity index (χ1n) is 9.83. The van der Waals surface area contributed by atoms with Crippen molar-refractivity contribution in [3.63, 3.8) is 0 Å². The number of anilines is 1. The Balaban J connectivity index is 1.78. The normalized spacial score (nSPS) is 26.0. The predicted molar refractivity (Wildman–Crippen MR) is 104 cm³/mol. The average molecular weight is 360 g/mol. The van der Waals surface area contributed by atoms with Gasteiger partial charge in [-0.1, -0.05) is 42.4 Å². The molecule has 2 aromatic heterocycles. The summed E-state index contributed by atoms with van der Waals surface area (Å²) >= 11 is 0. The van der Waals surface area contributed by atoms with Crippen molar-refractivity contribution in [2.24, 2.45) is 5.92 Å². The van der Waals surface area contributed by atoms with Gasteiger partial charge in [-0.05, 0) is 43.2 Å². The second-order valence-corrected chi connectivity index (χ2v) is 7.76. The van der Waals surface area contributed by atoms with Crippen molar-refractivity contribution in [1.82, 2.24) is 15.1 Å². The predicted octanol–water partition coefficient (Wildman–Crippen LogP) is 4.10. The molecule has 0 amide bonds. The molecule has 5 heteroatoms. The van der Waals surface area contributed by atoms with E-state index in [9.17, 15) is 0 Å². The number of benzene rings is 1. The minimum Gasteiger partial charge on any atom is -0.361 e. The van der Waals surface area contributed by atoms with Crippen LogP contribution in [0.15, 0.2) is 47.2 Å². The second-order valence-electron chi connectivity index (χ2n) is 7.76. The molecule has 0 saturated heterocycles. The highest BCUT2D eigenvalue weighted by molar-refractivity contribution is 5.49. The third kappa shape index (κ3) is 2.34. The van der Waals surface area contributed by atoms with Crippen LogP contribution in [-0.4, -0.2) is 21.7 Å². The summed E-state index contributed by atoms with van der Waals surface area (Å²) in [6.45, 7) is 5.17. The smallest absolute Gasteiger partial charge is 0.222 e. The molecule has 2 aliphatic carbocycles. The van der Waals surface area contributed by atoms with Crippen LogP contribution in [0.3, 0.4) is 0 Å². The third-order valence-corrected chi connectivity index (χ3v) is 6.43. The maximum Gasteiger partial charge on any atom is 0.222 e. The molecule has 2 aliphatic rings. The molecule has 138 valence electrons. The quantitative estimate of drug-likeness (QED) is 0.762. The van der Waals surface area contributed by atoms with E-state index < -0.39 is 0 Å². The molecule has 0 bridgehead atoms. The summed E-state index contributed by atoms with van der Waals surface area (Å²) in [5, 5.41) is 7.41. The molecule has 0 radical (unpaired) electrons. The molecule has 5 nitrogen and oxygen atoms in total. The molecule has 3 aromatic rings. The highest BCUT2D eigenvalue weighted by Crippen LogP contribution is 2.56. The average Bonchev–Trinajstić information content (AvgIpc) is 3.17. The number of hydrogen-bond donors (Lipinski definition) is 1. The van der Waals surface area contributed by atoms with Crippen LogP contribution >= 0.6 is 0 Å². The molecule has 3 atom stereocenters. The van der Waals surface area contributed by atoms with Gasteiger partial charge in [0.25, 0.3) is 0 Å². The molecular formula is C22H24N4O. The second kappa shape index (κ2) is 6.19. The molecule has 0 spiro atoms. The van der Waals surface area contributed by atoms with Crippen molar-refractivity contribution < 1.29 is 4.52 Å². The first kappa shape index (κ1) is 16.5. The van der Waals surface area contributed by atoms with Crippen molar-refractivity contribution in [2.45, 2.75) is 44.4 Å². The molecule has 0 aliphatic heterocycles. The summed E-state index contributed by atoms with van der Waals surface area (Å²) < 4.78 is 5.65. The standard InChI is InChI=1S/C22H24N4O/c1-3-23-21-24-12-15-9-10-18-14(2)19-16(13-25-27-19)11-22(18,20(15)26-21)17-7-5-4-6-8-17/h4-8,12-14,18H,3,9-11H2,1-2H3,(H,23,24,26). The Hall–Kier alpha value is -2.69. The largest absolute Gasteiger partial charge is 0.361 e. The van der Waals surface area contributed by atoms with Crippen LogP contribution in [0.2, 0.25) is 0 Å². The van der Waals surface area contributed by atoms with Crippen molar-refractivity contribution in [3.8, 4) is 0 Å². The fraction of sp³-hybridized carbons (Fsp3) is 0.409. The molecule has 2 heterocycles. The van der Waals surface area contributed by atoms with Gasteiger partial charge >= 0.3 is 0 Å². The molecule has 1 aromatic carbocycles. The SMILES string of the molecule is CCNc1ncc2c(n1)C1(c3ccccc3)Cc3cnoc3C(C)C1CC2. The molecule has 3 unspecified atom stereocenters. The molecule has 0 fully saturated rings. The van der Waals surface area contributed by atoms with Crippen molar-refractivity contribution in [2.75, 3.05) is 11.9 Å². The Morgan fingerprint density at radius 2 is 2.04 bits per heavy atom. The van der Waals surface area contributed by atoms with Crippen LogP contribution in [-0.2, 0) is 18.3 Å². The van der Waals surface area contributed by atoms with Gasteiger partial charge in [-0.3, -0.25) is 0 Å². The Kier molecular flexibility index (Phi) is 3.78. The first-order chi connectivity index (χ1) is 13.2. The molecule has 1 N–H and O–H groups in total. The number of hydrogen-bond acceptors (Lipinski definition) is 5.